The van der Waals surface area contributed by atoms with Crippen molar-refractivity contribution < 1.29 is 14.4 Å². The van der Waals surface area contributed by atoms with Crippen LogP contribution in [0.4, 0.5) is 11.4 Å². The Balaban J connectivity index is 1.56. The molecule has 1 fully saturated rings. The molecule has 1 aliphatic rings. The molecule has 2 aromatic carbocycles. The van der Waals surface area contributed by atoms with E-state index in [1.807, 2.05) is 6.92 Å². The number of hydrogen-bond donors (Lipinski definition) is 2. The second kappa shape index (κ2) is 7.30. The molecule has 3 rings (SSSR count). The van der Waals surface area contributed by atoms with Crippen LogP contribution in [0.25, 0.3) is 0 Å². The number of aryl methyl sites for hydroxylation is 1. The van der Waals surface area contributed by atoms with Crippen LogP contribution >= 0.6 is 11.6 Å². The number of ketones is 1. The molecule has 2 atom stereocenters. The molecule has 0 saturated heterocycles. The van der Waals surface area contributed by atoms with Crippen LogP contribution in [-0.2, 0) is 9.59 Å². The Bertz CT molecular complexity index is 877. The highest BCUT2D eigenvalue weighted by atomic mass is 35.5. The summed E-state index contributed by atoms with van der Waals surface area (Å²) in [6.45, 7) is 3.35. The van der Waals surface area contributed by atoms with Gasteiger partial charge in [-0.2, -0.15) is 0 Å². The van der Waals surface area contributed by atoms with Gasteiger partial charge < -0.3 is 10.6 Å². The van der Waals surface area contributed by atoms with Crippen LogP contribution in [0.5, 0.6) is 0 Å². The third-order valence-corrected chi connectivity index (χ3v) is 4.70. The predicted octanol–water partition coefficient (Wildman–Crippen LogP) is 4.06. The molecule has 6 heteroatoms. The number of Topliss-reactive ketones (excluding diaryl/α,β-unsaturated/α-hetero) is 1. The van der Waals surface area contributed by atoms with Gasteiger partial charge in [0.05, 0.1) is 11.8 Å². The van der Waals surface area contributed by atoms with Crippen molar-refractivity contribution in [1.29, 1.82) is 0 Å². The number of carbonyl (C=O) groups excluding carboxylic acids is 3. The summed E-state index contributed by atoms with van der Waals surface area (Å²) in [5.74, 6) is -1.05. The van der Waals surface area contributed by atoms with Gasteiger partial charge >= 0.3 is 0 Å². The number of hydrogen-bond acceptors (Lipinski definition) is 3. The lowest BCUT2D eigenvalue weighted by Crippen LogP contribution is -2.20. The first kappa shape index (κ1) is 18.1. The summed E-state index contributed by atoms with van der Waals surface area (Å²) >= 11 is 5.91. The summed E-state index contributed by atoms with van der Waals surface area (Å²) < 4.78 is 0. The van der Waals surface area contributed by atoms with Gasteiger partial charge in [0, 0.05) is 22.0 Å². The molecule has 2 aromatic rings. The maximum absolute atomic E-state index is 12.3. The van der Waals surface area contributed by atoms with Gasteiger partial charge in [-0.05, 0) is 68.3 Å². The van der Waals surface area contributed by atoms with Gasteiger partial charge in [0.1, 0.15) is 0 Å². The number of rotatable bonds is 5. The molecule has 0 heterocycles. The van der Waals surface area contributed by atoms with Crippen LogP contribution in [0.15, 0.2) is 42.5 Å². The lowest BCUT2D eigenvalue weighted by atomic mass is 10.1. The molecule has 1 aliphatic carbocycles. The smallest absolute Gasteiger partial charge is 0.228 e. The summed E-state index contributed by atoms with van der Waals surface area (Å²) in [6, 6.07) is 11.9. The summed E-state index contributed by atoms with van der Waals surface area (Å²) in [5, 5.41) is 6.25. The van der Waals surface area contributed by atoms with Crippen LogP contribution in [0.2, 0.25) is 5.02 Å². The second-order valence-corrected chi connectivity index (χ2v) is 6.96. The quantitative estimate of drug-likeness (QED) is 0.779. The van der Waals surface area contributed by atoms with Crippen molar-refractivity contribution in [2.24, 2.45) is 11.8 Å². The zero-order valence-corrected chi connectivity index (χ0v) is 15.3. The van der Waals surface area contributed by atoms with E-state index >= 15 is 0 Å². The summed E-state index contributed by atoms with van der Waals surface area (Å²) in [6.07, 6.45) is 0.524. The fourth-order valence-electron chi connectivity index (χ4n) is 2.79. The van der Waals surface area contributed by atoms with E-state index in [4.69, 9.17) is 11.6 Å². The minimum absolute atomic E-state index is 0.0284. The first-order chi connectivity index (χ1) is 12.3. The number of halogens is 1. The topological polar surface area (TPSA) is 75.3 Å². The Morgan fingerprint density at radius 3 is 2.15 bits per heavy atom. The second-order valence-electron chi connectivity index (χ2n) is 6.52. The largest absolute Gasteiger partial charge is 0.326 e. The maximum atomic E-state index is 12.3. The number of carbonyl (C=O) groups is 3. The number of anilines is 2. The normalized spacial score (nSPS) is 18.1. The Morgan fingerprint density at radius 2 is 1.58 bits per heavy atom. The monoisotopic (exact) mass is 370 g/mol. The average molecular weight is 371 g/mol. The van der Waals surface area contributed by atoms with Crippen LogP contribution < -0.4 is 10.6 Å². The molecule has 0 spiro atoms. The molecule has 26 heavy (non-hydrogen) atoms. The van der Waals surface area contributed by atoms with E-state index in [-0.39, 0.29) is 29.4 Å². The van der Waals surface area contributed by atoms with Gasteiger partial charge in [-0.25, -0.2) is 0 Å². The molecule has 0 aliphatic heterocycles. The molecule has 2 unspecified atom stereocenters. The molecular weight excluding hydrogens is 352 g/mol. The van der Waals surface area contributed by atoms with Crippen molar-refractivity contribution >= 4 is 40.6 Å². The Labute approximate surface area is 156 Å². The first-order valence-corrected chi connectivity index (χ1v) is 8.72. The van der Waals surface area contributed by atoms with Gasteiger partial charge in [0.2, 0.25) is 11.8 Å². The zero-order valence-electron chi connectivity index (χ0n) is 14.5. The van der Waals surface area contributed by atoms with E-state index in [1.54, 1.807) is 42.5 Å². The van der Waals surface area contributed by atoms with Gasteiger partial charge in [-0.15, -0.1) is 0 Å². The highest BCUT2D eigenvalue weighted by molar-refractivity contribution is 6.30. The minimum atomic E-state index is -0.338. The molecule has 2 N–H and O–H groups in total. The first-order valence-electron chi connectivity index (χ1n) is 8.34. The van der Waals surface area contributed by atoms with Crippen LogP contribution in [0.3, 0.4) is 0 Å². The molecule has 0 radical (unpaired) electrons. The van der Waals surface area contributed by atoms with E-state index in [9.17, 15) is 14.4 Å². The van der Waals surface area contributed by atoms with E-state index in [2.05, 4.69) is 10.6 Å². The standard InChI is InChI=1S/C20H19ClN2O3/c1-11-9-14(21)5-8-18(11)23-20(26)17-10-16(17)19(25)22-15-6-3-13(4-7-15)12(2)24/h3-9,16-17H,10H2,1-2H3,(H,22,25)(H,23,26). The van der Waals surface area contributed by atoms with Gasteiger partial charge in [0.15, 0.2) is 5.78 Å². The third-order valence-electron chi connectivity index (χ3n) is 4.47. The number of benzene rings is 2. The molecule has 0 bridgehead atoms. The van der Waals surface area contributed by atoms with Crippen molar-refractivity contribution in [2.75, 3.05) is 10.6 Å². The number of nitrogens with one attached hydrogen (secondary N) is 2. The lowest BCUT2D eigenvalue weighted by molar-refractivity contribution is -0.122. The van der Waals surface area contributed by atoms with Crippen molar-refractivity contribution in [3.63, 3.8) is 0 Å². The molecule has 2 amide bonds. The van der Waals surface area contributed by atoms with Crippen LogP contribution in [0.1, 0.15) is 29.3 Å². The molecule has 5 nitrogen and oxygen atoms in total. The fourth-order valence-corrected chi connectivity index (χ4v) is 3.02. The highest BCUT2D eigenvalue weighted by Gasteiger charge is 2.48. The fraction of sp³-hybridized carbons (Fsp3) is 0.250. The van der Waals surface area contributed by atoms with Crippen molar-refractivity contribution in [1.82, 2.24) is 0 Å². The van der Waals surface area contributed by atoms with Crippen molar-refractivity contribution in [3.8, 4) is 0 Å². The Morgan fingerprint density at radius 1 is 0.962 bits per heavy atom. The van der Waals surface area contributed by atoms with Crippen LogP contribution in [-0.4, -0.2) is 17.6 Å². The summed E-state index contributed by atoms with van der Waals surface area (Å²) in [5.41, 5.74) is 2.77. The summed E-state index contributed by atoms with van der Waals surface area (Å²) in [4.78, 5) is 35.9. The Hall–Kier alpha value is -2.66. The summed E-state index contributed by atoms with van der Waals surface area (Å²) in [7, 11) is 0. The third kappa shape index (κ3) is 4.11. The Kier molecular flexibility index (Phi) is 5.09. The molecule has 0 aromatic heterocycles. The predicted molar refractivity (Wildman–Crippen MR) is 101 cm³/mol. The molecule has 1 saturated carbocycles. The maximum Gasteiger partial charge on any atom is 0.228 e. The lowest BCUT2D eigenvalue weighted by Gasteiger charge is -2.09. The zero-order chi connectivity index (χ0) is 18.8. The van der Waals surface area contributed by atoms with E-state index in [0.29, 0.717) is 28.4 Å². The van der Waals surface area contributed by atoms with E-state index < -0.39 is 0 Å². The van der Waals surface area contributed by atoms with Gasteiger partial charge in [-0.1, -0.05) is 11.6 Å². The van der Waals surface area contributed by atoms with Gasteiger partial charge in [-0.3, -0.25) is 14.4 Å². The molecule has 134 valence electrons. The van der Waals surface area contributed by atoms with Gasteiger partial charge in [0.25, 0.3) is 0 Å². The molecular formula is C20H19ClN2O3. The number of amides is 2. The van der Waals surface area contributed by atoms with E-state index in [1.165, 1.54) is 6.92 Å². The highest BCUT2D eigenvalue weighted by Crippen LogP contribution is 2.40. The SMILES string of the molecule is CC(=O)c1ccc(NC(=O)C2CC2C(=O)Nc2ccc(Cl)cc2C)cc1. The van der Waals surface area contributed by atoms with Crippen LogP contribution in [0, 0.1) is 18.8 Å². The van der Waals surface area contributed by atoms with E-state index in [0.717, 1.165) is 5.56 Å². The minimum Gasteiger partial charge on any atom is -0.326 e. The van der Waals surface area contributed by atoms with Crippen molar-refractivity contribution in [3.05, 3.63) is 58.6 Å². The average Bonchev–Trinajstić information content (AvgIpc) is 3.39. The van der Waals surface area contributed by atoms with Crippen molar-refractivity contribution in [2.45, 2.75) is 20.3 Å².